The maximum atomic E-state index is 13.9. The number of thioether (sulfide) groups is 1. The molecule has 0 spiro atoms. The minimum Gasteiger partial charge on any atom is -0.484 e. The number of para-hydroxylation sites is 1. The third-order valence-corrected chi connectivity index (χ3v) is 8.28. The van der Waals surface area contributed by atoms with E-state index < -0.39 is 5.25 Å². The summed E-state index contributed by atoms with van der Waals surface area (Å²) in [4.78, 5) is 53.9. The van der Waals surface area contributed by atoms with Gasteiger partial charge in [-0.3, -0.25) is 19.2 Å². The van der Waals surface area contributed by atoms with E-state index in [9.17, 15) is 19.2 Å². The number of ether oxygens (including phenoxy) is 1. The van der Waals surface area contributed by atoms with E-state index in [2.05, 4.69) is 10.6 Å². The van der Waals surface area contributed by atoms with Crippen LogP contribution in [0.4, 0.5) is 11.4 Å². The summed E-state index contributed by atoms with van der Waals surface area (Å²) >= 11 is 1.30. The second kappa shape index (κ2) is 12.8. The number of carbonyl (C=O) groups is 4. The van der Waals surface area contributed by atoms with E-state index in [1.54, 1.807) is 72.8 Å². The highest BCUT2D eigenvalue weighted by Crippen LogP contribution is 2.38. The highest BCUT2D eigenvalue weighted by molar-refractivity contribution is 8.00. The number of rotatable bonds is 9. The molecule has 0 bridgehead atoms. The van der Waals surface area contributed by atoms with Gasteiger partial charge in [0.25, 0.3) is 5.91 Å². The monoisotopic (exact) mass is 598 g/mol. The number of carbonyl (C=O) groups excluding carboxylic acids is 4. The molecule has 5 aromatic rings. The van der Waals surface area contributed by atoms with Crippen LogP contribution in [-0.2, 0) is 9.59 Å². The predicted molar refractivity (Wildman–Crippen MR) is 170 cm³/mol. The summed E-state index contributed by atoms with van der Waals surface area (Å²) in [5, 5.41) is 5.06. The Hall–Kier alpha value is -5.47. The van der Waals surface area contributed by atoms with Gasteiger partial charge in [-0.2, -0.15) is 0 Å². The van der Waals surface area contributed by atoms with E-state index in [-0.39, 0.29) is 46.8 Å². The Labute approximate surface area is 258 Å². The lowest BCUT2D eigenvalue weighted by Crippen LogP contribution is -2.25. The van der Waals surface area contributed by atoms with Crippen molar-refractivity contribution >= 4 is 46.5 Å². The number of ketones is 2. The molecule has 0 radical (unpaired) electrons. The molecule has 0 saturated carbocycles. The Morgan fingerprint density at radius 2 is 1.30 bits per heavy atom. The number of hydrogen-bond acceptors (Lipinski definition) is 6. The van der Waals surface area contributed by atoms with E-state index in [0.29, 0.717) is 22.6 Å². The first-order chi connectivity index (χ1) is 21.5. The molecule has 0 aromatic heterocycles. The lowest BCUT2D eigenvalue weighted by molar-refractivity contribution is -0.118. The Balaban J connectivity index is 1.22. The smallest absolute Gasteiger partial charge is 0.262 e. The Bertz CT molecular complexity index is 1870. The van der Waals surface area contributed by atoms with Crippen LogP contribution in [0, 0.1) is 0 Å². The molecule has 0 saturated heterocycles. The van der Waals surface area contributed by atoms with Gasteiger partial charge in [-0.05, 0) is 42.0 Å². The number of hydrogen-bond donors (Lipinski definition) is 2. The van der Waals surface area contributed by atoms with Crippen molar-refractivity contribution in [2.75, 3.05) is 17.2 Å². The van der Waals surface area contributed by atoms with Gasteiger partial charge >= 0.3 is 0 Å². The normalized spacial score (nSPS) is 12.5. The van der Waals surface area contributed by atoms with Crippen molar-refractivity contribution in [3.8, 4) is 5.75 Å². The van der Waals surface area contributed by atoms with Crippen molar-refractivity contribution in [3.63, 3.8) is 0 Å². The number of amides is 2. The first-order valence-electron chi connectivity index (χ1n) is 13.9. The zero-order chi connectivity index (χ0) is 30.5. The summed E-state index contributed by atoms with van der Waals surface area (Å²) in [7, 11) is 0. The summed E-state index contributed by atoms with van der Waals surface area (Å²) in [5.74, 6) is -0.649. The van der Waals surface area contributed by atoms with Crippen LogP contribution in [-0.4, -0.2) is 30.0 Å². The van der Waals surface area contributed by atoms with Gasteiger partial charge in [0.05, 0.1) is 11.3 Å². The maximum absolute atomic E-state index is 13.9. The zero-order valence-corrected chi connectivity index (χ0v) is 24.2. The van der Waals surface area contributed by atoms with Crippen LogP contribution in [0.15, 0.2) is 132 Å². The SMILES string of the molecule is O=C(COc1ccccc1)Nc1cccc(SC(C(=O)Nc2cccc3c2C(=O)c2ccccc2C3=O)c2ccccc2)c1. The molecule has 1 aliphatic carbocycles. The molecule has 0 fully saturated rings. The molecule has 216 valence electrons. The highest BCUT2D eigenvalue weighted by atomic mass is 32.2. The molecule has 1 aliphatic rings. The van der Waals surface area contributed by atoms with Crippen LogP contribution in [0.3, 0.4) is 0 Å². The number of benzene rings is 5. The number of fused-ring (bicyclic) bond motifs is 2. The summed E-state index contributed by atoms with van der Waals surface area (Å²) < 4.78 is 5.54. The molecule has 1 atom stereocenters. The molecular weight excluding hydrogens is 572 g/mol. The van der Waals surface area contributed by atoms with Crippen molar-refractivity contribution < 1.29 is 23.9 Å². The van der Waals surface area contributed by atoms with Gasteiger partial charge < -0.3 is 15.4 Å². The van der Waals surface area contributed by atoms with E-state index in [1.165, 1.54) is 11.8 Å². The quantitative estimate of drug-likeness (QED) is 0.175. The van der Waals surface area contributed by atoms with Crippen LogP contribution >= 0.6 is 11.8 Å². The van der Waals surface area contributed by atoms with E-state index in [1.807, 2.05) is 54.6 Å². The maximum Gasteiger partial charge on any atom is 0.262 e. The van der Waals surface area contributed by atoms with Crippen molar-refractivity contribution in [2.24, 2.45) is 0 Å². The van der Waals surface area contributed by atoms with Crippen LogP contribution in [0.5, 0.6) is 5.75 Å². The van der Waals surface area contributed by atoms with E-state index >= 15 is 0 Å². The van der Waals surface area contributed by atoms with Crippen LogP contribution in [0.2, 0.25) is 0 Å². The van der Waals surface area contributed by atoms with Gasteiger partial charge in [0.15, 0.2) is 18.2 Å². The highest BCUT2D eigenvalue weighted by Gasteiger charge is 2.32. The van der Waals surface area contributed by atoms with Crippen LogP contribution in [0.25, 0.3) is 0 Å². The second-order valence-electron chi connectivity index (χ2n) is 10.0. The average Bonchev–Trinajstić information content (AvgIpc) is 3.06. The fourth-order valence-electron chi connectivity index (χ4n) is 4.99. The Kier molecular flexibility index (Phi) is 8.34. The molecule has 1 unspecified atom stereocenters. The number of nitrogens with one attached hydrogen (secondary N) is 2. The third kappa shape index (κ3) is 6.16. The van der Waals surface area contributed by atoms with Gasteiger partial charge in [-0.15, -0.1) is 11.8 Å². The topological polar surface area (TPSA) is 102 Å². The fraction of sp³-hybridized carbons (Fsp3) is 0.0556. The summed E-state index contributed by atoms with van der Waals surface area (Å²) in [6, 6.07) is 37.2. The number of anilines is 2. The van der Waals surface area contributed by atoms with Crippen molar-refractivity contribution in [3.05, 3.63) is 155 Å². The average molecular weight is 599 g/mol. The van der Waals surface area contributed by atoms with Gasteiger partial charge in [-0.25, -0.2) is 0 Å². The zero-order valence-electron chi connectivity index (χ0n) is 23.4. The molecule has 6 rings (SSSR count). The Morgan fingerprint density at radius 1 is 0.659 bits per heavy atom. The van der Waals surface area contributed by atoms with Gasteiger partial charge in [-0.1, -0.05) is 91.0 Å². The minimum atomic E-state index is -0.707. The van der Waals surface area contributed by atoms with Crippen molar-refractivity contribution in [1.82, 2.24) is 0 Å². The summed E-state index contributed by atoms with van der Waals surface area (Å²) in [6.07, 6.45) is 0. The van der Waals surface area contributed by atoms with Crippen molar-refractivity contribution in [1.29, 1.82) is 0 Å². The van der Waals surface area contributed by atoms with Gasteiger partial charge in [0, 0.05) is 27.3 Å². The van der Waals surface area contributed by atoms with Crippen LogP contribution in [0.1, 0.15) is 42.7 Å². The first kappa shape index (κ1) is 28.6. The van der Waals surface area contributed by atoms with Gasteiger partial charge in [0.1, 0.15) is 11.0 Å². The van der Waals surface area contributed by atoms with Crippen LogP contribution < -0.4 is 15.4 Å². The molecule has 5 aromatic carbocycles. The van der Waals surface area contributed by atoms with Crippen molar-refractivity contribution in [2.45, 2.75) is 10.1 Å². The first-order valence-corrected chi connectivity index (χ1v) is 14.8. The molecule has 0 heterocycles. The standard InChI is InChI=1S/C36H26N2O5S/c39-31(22-43-25-14-5-2-6-15-25)37-24-13-9-16-26(21-24)44-35(23-11-3-1-4-12-23)36(42)38-30-20-10-19-29-32(30)34(41)28-18-8-7-17-27(28)33(29)40/h1-21,35H,22H2,(H,37,39)(H,38,42). The fourth-order valence-corrected chi connectivity index (χ4v) is 6.08. The largest absolute Gasteiger partial charge is 0.484 e. The molecule has 0 aliphatic heterocycles. The molecular formula is C36H26N2O5S. The predicted octanol–water partition coefficient (Wildman–Crippen LogP) is 6.95. The second-order valence-corrected chi connectivity index (χ2v) is 11.2. The summed E-state index contributed by atoms with van der Waals surface area (Å²) in [5.41, 5.74) is 2.70. The third-order valence-electron chi connectivity index (χ3n) is 7.04. The molecule has 8 heteroatoms. The molecule has 2 N–H and O–H groups in total. The van der Waals surface area contributed by atoms with Gasteiger partial charge in [0.2, 0.25) is 5.91 Å². The Morgan fingerprint density at radius 3 is 2.05 bits per heavy atom. The molecule has 7 nitrogen and oxygen atoms in total. The van der Waals surface area contributed by atoms with E-state index in [0.717, 1.165) is 10.5 Å². The lowest BCUT2D eigenvalue weighted by Gasteiger charge is -2.22. The minimum absolute atomic E-state index is 0.149. The lowest BCUT2D eigenvalue weighted by atomic mass is 9.83. The van der Waals surface area contributed by atoms with E-state index in [4.69, 9.17) is 4.74 Å². The summed E-state index contributed by atoms with van der Waals surface area (Å²) in [6.45, 7) is -0.149. The molecule has 2 amide bonds. The molecule has 44 heavy (non-hydrogen) atoms.